The molecule has 140 valence electrons. The van der Waals surface area contributed by atoms with Crippen LogP contribution in [0.4, 0.5) is 0 Å². The number of H-pyrrole nitrogens is 1. The Morgan fingerprint density at radius 3 is 2.59 bits per heavy atom. The molecule has 3 aromatic rings. The van der Waals surface area contributed by atoms with E-state index in [0.29, 0.717) is 18.2 Å². The second-order valence-corrected chi connectivity index (χ2v) is 8.67. The molecule has 1 N–H and O–H groups in total. The molecule has 27 heavy (non-hydrogen) atoms. The van der Waals surface area contributed by atoms with Crippen molar-refractivity contribution in [3.63, 3.8) is 0 Å². The van der Waals surface area contributed by atoms with E-state index in [1.807, 2.05) is 6.07 Å². The molecule has 0 radical (unpaired) electrons. The van der Waals surface area contributed by atoms with Crippen LogP contribution in [0.1, 0.15) is 42.7 Å². The molecule has 1 fully saturated rings. The fourth-order valence-electron chi connectivity index (χ4n) is 4.12. The number of likely N-dealkylation sites (tertiary alicyclic amines) is 1. The number of aromatic nitrogens is 1. The molecule has 1 amide bonds. The maximum absolute atomic E-state index is 12.6. The van der Waals surface area contributed by atoms with Crippen LogP contribution in [-0.2, 0) is 11.2 Å². The van der Waals surface area contributed by atoms with Crippen molar-refractivity contribution in [2.45, 2.75) is 38.0 Å². The summed E-state index contributed by atoms with van der Waals surface area (Å²) in [6, 6.07) is 17.2. The third-order valence-electron chi connectivity index (χ3n) is 5.70. The van der Waals surface area contributed by atoms with E-state index in [-0.39, 0.29) is 0 Å². The molecule has 1 aliphatic rings. The molecule has 0 unspecified atom stereocenters. The van der Waals surface area contributed by atoms with Crippen molar-refractivity contribution in [1.29, 1.82) is 0 Å². The number of carbonyl (C=O) groups is 1. The SMILES string of the molecule is O=C(CCCc1c[nH]c2ccccc12)N1CCC(c2ccc(I)cc2)CC1. The number of amides is 1. The van der Waals surface area contributed by atoms with E-state index < -0.39 is 0 Å². The number of fused-ring (bicyclic) bond motifs is 1. The van der Waals surface area contributed by atoms with Gasteiger partial charge < -0.3 is 9.88 Å². The smallest absolute Gasteiger partial charge is 0.222 e. The third kappa shape index (κ3) is 4.37. The fraction of sp³-hybridized carbons (Fsp3) is 0.348. The number of benzene rings is 2. The van der Waals surface area contributed by atoms with Gasteiger partial charge in [-0.25, -0.2) is 0 Å². The Balaban J connectivity index is 1.25. The monoisotopic (exact) mass is 472 g/mol. The highest BCUT2D eigenvalue weighted by Crippen LogP contribution is 2.29. The lowest BCUT2D eigenvalue weighted by Crippen LogP contribution is -2.37. The van der Waals surface area contributed by atoms with E-state index in [2.05, 4.69) is 81.1 Å². The minimum absolute atomic E-state index is 0.316. The maximum atomic E-state index is 12.6. The molecule has 1 aromatic heterocycles. The molecular formula is C23H25IN2O. The Kier molecular flexibility index (Phi) is 5.81. The van der Waals surface area contributed by atoms with E-state index in [1.54, 1.807) is 0 Å². The number of aryl methyl sites for hydroxylation is 1. The van der Waals surface area contributed by atoms with Crippen LogP contribution in [0.5, 0.6) is 0 Å². The number of rotatable bonds is 5. The van der Waals surface area contributed by atoms with Crippen molar-refractivity contribution in [2.75, 3.05) is 13.1 Å². The van der Waals surface area contributed by atoms with E-state index >= 15 is 0 Å². The highest BCUT2D eigenvalue weighted by molar-refractivity contribution is 14.1. The van der Waals surface area contributed by atoms with Crippen molar-refractivity contribution in [2.24, 2.45) is 0 Å². The zero-order chi connectivity index (χ0) is 18.6. The molecule has 0 aliphatic carbocycles. The lowest BCUT2D eigenvalue weighted by Gasteiger charge is -2.32. The molecule has 0 atom stereocenters. The molecular weight excluding hydrogens is 447 g/mol. The van der Waals surface area contributed by atoms with Crippen molar-refractivity contribution in [1.82, 2.24) is 9.88 Å². The van der Waals surface area contributed by atoms with Gasteiger partial charge in [0.15, 0.2) is 0 Å². The summed E-state index contributed by atoms with van der Waals surface area (Å²) in [5.74, 6) is 0.910. The molecule has 4 rings (SSSR count). The quantitative estimate of drug-likeness (QED) is 0.489. The Hall–Kier alpha value is -1.82. The number of carbonyl (C=O) groups excluding carboxylic acids is 1. The van der Waals surface area contributed by atoms with Gasteiger partial charge in [0, 0.05) is 40.2 Å². The second-order valence-electron chi connectivity index (χ2n) is 7.42. The summed E-state index contributed by atoms with van der Waals surface area (Å²) < 4.78 is 1.28. The topological polar surface area (TPSA) is 36.1 Å². The van der Waals surface area contributed by atoms with Gasteiger partial charge in [0.2, 0.25) is 5.91 Å². The highest BCUT2D eigenvalue weighted by atomic mass is 127. The predicted molar refractivity (Wildman–Crippen MR) is 119 cm³/mol. The van der Waals surface area contributed by atoms with Crippen LogP contribution in [0.2, 0.25) is 0 Å². The van der Waals surface area contributed by atoms with Crippen LogP contribution in [-0.4, -0.2) is 28.9 Å². The van der Waals surface area contributed by atoms with Gasteiger partial charge in [0.1, 0.15) is 0 Å². The lowest BCUT2D eigenvalue weighted by molar-refractivity contribution is -0.132. The van der Waals surface area contributed by atoms with Gasteiger partial charge in [0.05, 0.1) is 0 Å². The van der Waals surface area contributed by atoms with Crippen molar-refractivity contribution >= 4 is 39.4 Å². The van der Waals surface area contributed by atoms with Gasteiger partial charge in [-0.3, -0.25) is 4.79 Å². The van der Waals surface area contributed by atoms with Crippen molar-refractivity contribution in [3.8, 4) is 0 Å². The standard InChI is InChI=1S/C23H25IN2O/c24-20-10-8-17(9-11-20)18-12-14-26(15-13-18)23(27)7-3-4-19-16-25-22-6-2-1-5-21(19)22/h1-2,5-6,8-11,16,18,25H,3-4,7,12-15H2. The van der Waals surface area contributed by atoms with Crippen molar-refractivity contribution in [3.05, 3.63) is 69.4 Å². The molecule has 2 aromatic carbocycles. The molecule has 0 saturated carbocycles. The van der Waals surface area contributed by atoms with Gasteiger partial charge in [-0.15, -0.1) is 0 Å². The zero-order valence-electron chi connectivity index (χ0n) is 15.5. The second kappa shape index (κ2) is 8.46. The van der Waals surface area contributed by atoms with Crippen LogP contribution in [0.25, 0.3) is 10.9 Å². The summed E-state index contributed by atoms with van der Waals surface area (Å²) >= 11 is 2.35. The van der Waals surface area contributed by atoms with Crippen LogP contribution < -0.4 is 0 Å². The Bertz CT molecular complexity index is 908. The van der Waals surface area contributed by atoms with Crippen LogP contribution in [0, 0.1) is 3.57 Å². The molecule has 0 spiro atoms. The highest BCUT2D eigenvalue weighted by Gasteiger charge is 2.23. The average Bonchev–Trinajstić information content (AvgIpc) is 3.12. The summed E-state index contributed by atoms with van der Waals surface area (Å²) in [4.78, 5) is 18.0. The number of nitrogens with zero attached hydrogens (tertiary/aromatic N) is 1. The first-order chi connectivity index (χ1) is 13.2. The maximum Gasteiger partial charge on any atom is 0.222 e. The third-order valence-corrected chi connectivity index (χ3v) is 6.42. The lowest BCUT2D eigenvalue weighted by atomic mass is 9.89. The first-order valence-corrected chi connectivity index (χ1v) is 10.9. The summed E-state index contributed by atoms with van der Waals surface area (Å²) in [7, 11) is 0. The van der Waals surface area contributed by atoms with E-state index in [1.165, 1.54) is 25.6 Å². The van der Waals surface area contributed by atoms with E-state index in [0.717, 1.165) is 38.8 Å². The molecule has 1 saturated heterocycles. The molecule has 0 bridgehead atoms. The molecule has 3 nitrogen and oxygen atoms in total. The number of nitrogens with one attached hydrogen (secondary N) is 1. The van der Waals surface area contributed by atoms with Crippen molar-refractivity contribution < 1.29 is 4.79 Å². The fourth-order valence-corrected chi connectivity index (χ4v) is 4.48. The number of piperidine rings is 1. The van der Waals surface area contributed by atoms with E-state index in [9.17, 15) is 4.79 Å². The first kappa shape index (κ1) is 18.5. The average molecular weight is 472 g/mol. The van der Waals surface area contributed by atoms with Crippen LogP contribution >= 0.6 is 22.6 Å². The largest absolute Gasteiger partial charge is 0.361 e. The Labute approximate surface area is 174 Å². The summed E-state index contributed by atoms with van der Waals surface area (Å²) in [5.41, 5.74) is 3.91. The Morgan fingerprint density at radius 1 is 1.07 bits per heavy atom. The number of aromatic amines is 1. The molecule has 4 heteroatoms. The molecule has 1 aliphatic heterocycles. The molecule has 2 heterocycles. The minimum Gasteiger partial charge on any atom is -0.361 e. The number of para-hydroxylation sites is 1. The summed E-state index contributed by atoms with van der Waals surface area (Å²) in [6.45, 7) is 1.78. The Morgan fingerprint density at radius 2 is 1.81 bits per heavy atom. The number of halogens is 1. The van der Waals surface area contributed by atoms with Gasteiger partial charge >= 0.3 is 0 Å². The van der Waals surface area contributed by atoms with Gasteiger partial charge in [-0.2, -0.15) is 0 Å². The van der Waals surface area contributed by atoms with Gasteiger partial charge in [-0.1, -0.05) is 30.3 Å². The summed E-state index contributed by atoms with van der Waals surface area (Å²) in [6.07, 6.45) is 6.76. The van der Waals surface area contributed by atoms with Crippen LogP contribution in [0.3, 0.4) is 0 Å². The normalized spacial score (nSPS) is 15.4. The summed E-state index contributed by atoms with van der Waals surface area (Å²) in [5, 5.41) is 1.28. The first-order valence-electron chi connectivity index (χ1n) is 9.79. The van der Waals surface area contributed by atoms with Gasteiger partial charge in [0.25, 0.3) is 0 Å². The van der Waals surface area contributed by atoms with E-state index in [4.69, 9.17) is 0 Å². The van der Waals surface area contributed by atoms with Crippen LogP contribution in [0.15, 0.2) is 54.7 Å². The minimum atomic E-state index is 0.316. The predicted octanol–water partition coefficient (Wildman–Crippen LogP) is 5.50. The number of hydrogen-bond donors (Lipinski definition) is 1. The number of hydrogen-bond acceptors (Lipinski definition) is 1. The zero-order valence-corrected chi connectivity index (χ0v) is 17.6. The van der Waals surface area contributed by atoms with Gasteiger partial charge in [-0.05, 0) is 83.5 Å².